The van der Waals surface area contributed by atoms with Gasteiger partial charge in [0.2, 0.25) is 6.79 Å². The van der Waals surface area contributed by atoms with Gasteiger partial charge in [-0.15, -0.1) is 0 Å². The fourth-order valence-corrected chi connectivity index (χ4v) is 2.23. The van der Waals surface area contributed by atoms with Crippen LogP contribution in [0, 0.1) is 17.0 Å². The summed E-state index contributed by atoms with van der Waals surface area (Å²) in [5.41, 5.74) is 0.381. The van der Waals surface area contributed by atoms with Gasteiger partial charge in [-0.3, -0.25) is 10.1 Å². The summed E-state index contributed by atoms with van der Waals surface area (Å²) < 4.78 is 10.3. The lowest BCUT2D eigenvalue weighted by atomic mass is 10.2. The van der Waals surface area contributed by atoms with E-state index in [1.54, 1.807) is 11.8 Å². The van der Waals surface area contributed by atoms with E-state index in [4.69, 9.17) is 21.1 Å². The minimum Gasteiger partial charge on any atom is -0.457 e. The number of hydrogen-bond donors (Lipinski definition) is 0. The maximum atomic E-state index is 11.7. The van der Waals surface area contributed by atoms with Crippen LogP contribution in [0.3, 0.4) is 0 Å². The van der Waals surface area contributed by atoms with Gasteiger partial charge in [-0.25, -0.2) is 4.79 Å². The first-order valence-electron chi connectivity index (χ1n) is 6.48. The molecule has 7 nitrogen and oxygen atoms in total. The molecule has 1 aliphatic rings. The Morgan fingerprint density at radius 3 is 2.71 bits per heavy atom. The summed E-state index contributed by atoms with van der Waals surface area (Å²) in [6.07, 6.45) is 1.49. The van der Waals surface area contributed by atoms with Crippen LogP contribution < -0.4 is 4.74 Å². The van der Waals surface area contributed by atoms with Gasteiger partial charge in [0, 0.05) is 24.7 Å². The SMILES string of the molecule is Cc1c(Cl)cc([N+](=O)[O-])cc1OCOC(=O)N1CCCC1. The summed E-state index contributed by atoms with van der Waals surface area (Å²) in [5.74, 6) is 0.225. The molecule has 8 heteroatoms. The van der Waals surface area contributed by atoms with Crippen molar-refractivity contribution in [3.8, 4) is 5.75 Å². The molecule has 0 saturated carbocycles. The number of hydrogen-bond acceptors (Lipinski definition) is 5. The Kier molecular flexibility index (Phi) is 4.85. The van der Waals surface area contributed by atoms with Crippen molar-refractivity contribution in [2.24, 2.45) is 0 Å². The van der Waals surface area contributed by atoms with Crippen LogP contribution >= 0.6 is 11.6 Å². The summed E-state index contributed by atoms with van der Waals surface area (Å²) in [6.45, 7) is 2.72. The van der Waals surface area contributed by atoms with Gasteiger partial charge >= 0.3 is 6.09 Å². The number of nitrogens with zero attached hydrogens (tertiary/aromatic N) is 2. The molecule has 1 saturated heterocycles. The van der Waals surface area contributed by atoms with Crippen molar-refractivity contribution < 1.29 is 19.2 Å². The number of benzene rings is 1. The number of likely N-dealkylation sites (tertiary alicyclic amines) is 1. The van der Waals surface area contributed by atoms with Crippen molar-refractivity contribution in [2.45, 2.75) is 19.8 Å². The summed E-state index contributed by atoms with van der Waals surface area (Å²) >= 11 is 5.91. The van der Waals surface area contributed by atoms with Crippen molar-refractivity contribution >= 4 is 23.4 Å². The molecule has 0 radical (unpaired) electrons. The van der Waals surface area contributed by atoms with E-state index in [1.165, 1.54) is 12.1 Å². The van der Waals surface area contributed by atoms with Crippen LogP contribution in [0.15, 0.2) is 12.1 Å². The van der Waals surface area contributed by atoms with Gasteiger partial charge < -0.3 is 14.4 Å². The predicted molar refractivity (Wildman–Crippen MR) is 75.6 cm³/mol. The number of amides is 1. The van der Waals surface area contributed by atoms with E-state index < -0.39 is 11.0 Å². The predicted octanol–water partition coefficient (Wildman–Crippen LogP) is 3.13. The second-order valence-electron chi connectivity index (χ2n) is 4.67. The fourth-order valence-electron chi connectivity index (χ4n) is 2.03. The second kappa shape index (κ2) is 6.62. The standard InChI is InChI=1S/C13H15ClN2O5/c1-9-11(14)6-10(16(18)19)7-12(9)20-8-21-13(17)15-4-2-3-5-15/h6-7H,2-5,8H2,1H3. The number of nitro groups is 1. The van der Waals surface area contributed by atoms with Crippen molar-refractivity contribution in [1.82, 2.24) is 4.90 Å². The molecule has 0 spiro atoms. The normalized spacial score (nSPS) is 14.1. The Bertz CT molecular complexity index is 558. The van der Waals surface area contributed by atoms with Crippen molar-refractivity contribution in [3.63, 3.8) is 0 Å². The first-order chi connectivity index (χ1) is 9.99. The lowest BCUT2D eigenvalue weighted by molar-refractivity contribution is -0.384. The number of carbonyl (C=O) groups is 1. The molecule has 1 amide bonds. The van der Waals surface area contributed by atoms with E-state index in [9.17, 15) is 14.9 Å². The number of non-ortho nitro benzene ring substituents is 1. The zero-order valence-electron chi connectivity index (χ0n) is 11.5. The summed E-state index contributed by atoms with van der Waals surface area (Å²) in [6, 6.07) is 2.50. The highest BCUT2D eigenvalue weighted by atomic mass is 35.5. The minimum atomic E-state index is -0.561. The van der Waals surface area contributed by atoms with Crippen molar-refractivity contribution in [3.05, 3.63) is 32.8 Å². The molecule has 0 aromatic heterocycles. The van der Waals surface area contributed by atoms with Gasteiger partial charge in [-0.05, 0) is 19.8 Å². The Balaban J connectivity index is 1.96. The highest BCUT2D eigenvalue weighted by Crippen LogP contribution is 2.31. The third kappa shape index (κ3) is 3.75. The second-order valence-corrected chi connectivity index (χ2v) is 5.08. The molecule has 2 rings (SSSR count). The average Bonchev–Trinajstić information content (AvgIpc) is 2.97. The van der Waals surface area contributed by atoms with Gasteiger partial charge in [0.25, 0.3) is 5.69 Å². The smallest absolute Gasteiger partial charge is 0.412 e. The molecule has 1 fully saturated rings. The molecule has 0 N–H and O–H groups in total. The monoisotopic (exact) mass is 314 g/mol. The largest absolute Gasteiger partial charge is 0.457 e. The first-order valence-corrected chi connectivity index (χ1v) is 6.86. The third-order valence-corrected chi connectivity index (χ3v) is 3.65. The van der Waals surface area contributed by atoms with E-state index in [0.29, 0.717) is 18.7 Å². The number of nitro benzene ring substituents is 1. The molecule has 1 heterocycles. The zero-order chi connectivity index (χ0) is 15.4. The lowest BCUT2D eigenvalue weighted by Gasteiger charge is -2.16. The van der Waals surface area contributed by atoms with E-state index in [2.05, 4.69) is 0 Å². The quantitative estimate of drug-likeness (QED) is 0.484. The molecule has 0 atom stereocenters. The molecule has 1 aromatic rings. The van der Waals surface area contributed by atoms with E-state index >= 15 is 0 Å². The summed E-state index contributed by atoms with van der Waals surface area (Å²) in [5, 5.41) is 11.0. The summed E-state index contributed by atoms with van der Waals surface area (Å²) in [7, 11) is 0. The fraction of sp³-hybridized carbons (Fsp3) is 0.462. The molecule has 114 valence electrons. The van der Waals surface area contributed by atoms with Crippen LogP contribution in [-0.2, 0) is 4.74 Å². The topological polar surface area (TPSA) is 81.9 Å². The highest BCUT2D eigenvalue weighted by molar-refractivity contribution is 6.31. The Morgan fingerprint density at radius 2 is 2.10 bits per heavy atom. The first kappa shape index (κ1) is 15.4. The maximum Gasteiger partial charge on any atom is 0.412 e. The minimum absolute atomic E-state index is 0.175. The van der Waals surface area contributed by atoms with Gasteiger partial charge in [-0.1, -0.05) is 11.6 Å². The number of carbonyl (C=O) groups excluding carboxylic acids is 1. The average molecular weight is 315 g/mol. The van der Waals surface area contributed by atoms with Gasteiger partial charge in [0.05, 0.1) is 16.0 Å². The van der Waals surface area contributed by atoms with E-state index in [-0.39, 0.29) is 23.3 Å². The Hall–Kier alpha value is -2.02. The number of ether oxygens (including phenoxy) is 2. The number of halogens is 1. The Morgan fingerprint density at radius 1 is 1.43 bits per heavy atom. The van der Waals surface area contributed by atoms with Crippen molar-refractivity contribution in [2.75, 3.05) is 19.9 Å². The van der Waals surface area contributed by atoms with Gasteiger partial charge in [0.1, 0.15) is 5.75 Å². The van der Waals surface area contributed by atoms with Gasteiger partial charge in [0.15, 0.2) is 0 Å². The highest BCUT2D eigenvalue weighted by Gasteiger charge is 2.19. The zero-order valence-corrected chi connectivity index (χ0v) is 12.3. The van der Waals surface area contributed by atoms with Crippen LogP contribution in [0.5, 0.6) is 5.75 Å². The van der Waals surface area contributed by atoms with Crippen LogP contribution in [-0.4, -0.2) is 35.8 Å². The van der Waals surface area contributed by atoms with E-state index in [0.717, 1.165) is 12.8 Å². The van der Waals surface area contributed by atoms with E-state index in [1.807, 2.05) is 0 Å². The molecular weight excluding hydrogens is 300 g/mol. The van der Waals surface area contributed by atoms with Gasteiger partial charge in [-0.2, -0.15) is 0 Å². The molecule has 21 heavy (non-hydrogen) atoms. The summed E-state index contributed by atoms with van der Waals surface area (Å²) in [4.78, 5) is 23.5. The van der Waals surface area contributed by atoms with Crippen LogP contribution in [0.1, 0.15) is 18.4 Å². The van der Waals surface area contributed by atoms with Crippen LogP contribution in [0.25, 0.3) is 0 Å². The van der Waals surface area contributed by atoms with Crippen LogP contribution in [0.4, 0.5) is 10.5 Å². The maximum absolute atomic E-state index is 11.7. The molecule has 1 aromatic carbocycles. The third-order valence-electron chi connectivity index (χ3n) is 3.25. The molecule has 0 bridgehead atoms. The molecule has 1 aliphatic heterocycles. The lowest BCUT2D eigenvalue weighted by Crippen LogP contribution is -2.29. The van der Waals surface area contributed by atoms with Crippen molar-refractivity contribution in [1.29, 1.82) is 0 Å². The molecule has 0 aliphatic carbocycles. The molecule has 0 unspecified atom stereocenters. The number of rotatable bonds is 4. The Labute approximate surface area is 126 Å². The van der Waals surface area contributed by atoms with Crippen LogP contribution in [0.2, 0.25) is 5.02 Å². The molecular formula is C13H15ClN2O5.